The second kappa shape index (κ2) is 6.10. The van der Waals surface area contributed by atoms with Crippen LogP contribution in [-0.4, -0.2) is 48.3 Å². The van der Waals surface area contributed by atoms with Crippen molar-refractivity contribution in [3.05, 3.63) is 29.8 Å². The topological polar surface area (TPSA) is 40.6 Å². The van der Waals surface area contributed by atoms with Crippen molar-refractivity contribution < 1.29 is 9.59 Å². The van der Waals surface area contributed by atoms with E-state index in [0.29, 0.717) is 5.56 Å². The molecule has 1 fully saturated rings. The van der Waals surface area contributed by atoms with E-state index in [1.54, 1.807) is 25.2 Å². The molecule has 102 valence electrons. The summed E-state index contributed by atoms with van der Waals surface area (Å²) in [6.07, 6.45) is 2.12. The van der Waals surface area contributed by atoms with Crippen LogP contribution >= 0.6 is 12.6 Å². The van der Waals surface area contributed by atoms with E-state index in [2.05, 4.69) is 12.6 Å². The Hall–Kier alpha value is -1.49. The number of hydrogen-bond donors (Lipinski definition) is 1. The smallest absolute Gasteiger partial charge is 0.254 e. The molecule has 0 unspecified atom stereocenters. The van der Waals surface area contributed by atoms with Gasteiger partial charge in [-0.2, -0.15) is 0 Å². The van der Waals surface area contributed by atoms with Gasteiger partial charge in [-0.05, 0) is 31.0 Å². The van der Waals surface area contributed by atoms with Crippen LogP contribution in [0.15, 0.2) is 29.2 Å². The molecular weight excluding hydrogens is 260 g/mol. The number of nitrogens with zero attached hydrogens (tertiary/aromatic N) is 2. The number of thiol groups is 1. The fraction of sp³-hybridized carbons (Fsp3) is 0.429. The predicted molar refractivity (Wildman–Crippen MR) is 76.5 cm³/mol. The molecule has 1 aromatic rings. The van der Waals surface area contributed by atoms with Crippen molar-refractivity contribution in [2.75, 3.05) is 26.7 Å². The fourth-order valence-corrected chi connectivity index (χ4v) is 2.43. The first-order valence-electron chi connectivity index (χ1n) is 6.40. The summed E-state index contributed by atoms with van der Waals surface area (Å²) in [6, 6.07) is 7.04. The van der Waals surface area contributed by atoms with Gasteiger partial charge in [-0.25, -0.2) is 0 Å². The van der Waals surface area contributed by atoms with E-state index in [1.807, 2.05) is 11.0 Å². The highest BCUT2D eigenvalue weighted by atomic mass is 32.1. The van der Waals surface area contributed by atoms with E-state index in [-0.39, 0.29) is 18.4 Å². The molecular formula is C14H18N2O2S. The van der Waals surface area contributed by atoms with E-state index in [9.17, 15) is 9.59 Å². The summed E-state index contributed by atoms with van der Waals surface area (Å²) >= 11 is 4.21. The second-order valence-corrected chi connectivity index (χ2v) is 5.32. The van der Waals surface area contributed by atoms with E-state index in [4.69, 9.17) is 0 Å². The molecule has 1 saturated heterocycles. The highest BCUT2D eigenvalue weighted by Gasteiger charge is 2.21. The van der Waals surface area contributed by atoms with Crippen LogP contribution in [0.1, 0.15) is 23.2 Å². The molecule has 1 aliphatic rings. The first kappa shape index (κ1) is 13.9. The van der Waals surface area contributed by atoms with Gasteiger partial charge < -0.3 is 9.80 Å². The summed E-state index contributed by atoms with van der Waals surface area (Å²) in [5.74, 6) is -0.126. The third kappa shape index (κ3) is 3.50. The zero-order valence-corrected chi connectivity index (χ0v) is 11.9. The molecule has 0 N–H and O–H groups in total. The molecule has 0 bridgehead atoms. The molecule has 5 heteroatoms. The number of carbonyl (C=O) groups excluding carboxylic acids is 2. The largest absolute Gasteiger partial charge is 0.341 e. The van der Waals surface area contributed by atoms with Crippen molar-refractivity contribution in [3.63, 3.8) is 0 Å². The van der Waals surface area contributed by atoms with Crippen LogP contribution in [0.5, 0.6) is 0 Å². The summed E-state index contributed by atoms with van der Waals surface area (Å²) in [6.45, 7) is 1.76. The Bertz CT molecular complexity index is 484. The molecule has 1 aromatic carbocycles. The second-order valence-electron chi connectivity index (χ2n) is 4.80. The Morgan fingerprint density at radius 3 is 2.63 bits per heavy atom. The Balaban J connectivity index is 1.97. The van der Waals surface area contributed by atoms with Crippen LogP contribution < -0.4 is 0 Å². The molecule has 0 atom stereocenters. The van der Waals surface area contributed by atoms with Crippen LogP contribution in [0.2, 0.25) is 0 Å². The normalized spacial score (nSPS) is 14.5. The van der Waals surface area contributed by atoms with E-state index in [0.717, 1.165) is 30.8 Å². The number of benzene rings is 1. The molecule has 0 aromatic heterocycles. The van der Waals surface area contributed by atoms with E-state index in [1.165, 1.54) is 4.90 Å². The zero-order valence-electron chi connectivity index (χ0n) is 11.0. The minimum Gasteiger partial charge on any atom is -0.341 e. The fourth-order valence-electron chi connectivity index (χ4n) is 2.20. The Morgan fingerprint density at radius 1 is 1.32 bits per heavy atom. The lowest BCUT2D eigenvalue weighted by atomic mass is 10.2. The lowest BCUT2D eigenvalue weighted by molar-refractivity contribution is -0.130. The standard InChI is InChI=1S/C14H18N2O2S/c1-15(10-13(17)16-7-2-3-8-16)14(18)11-5-4-6-12(19)9-11/h4-6,9,19H,2-3,7-8,10H2,1H3. The molecule has 1 heterocycles. The molecule has 4 nitrogen and oxygen atoms in total. The lowest BCUT2D eigenvalue weighted by Crippen LogP contribution is -2.39. The summed E-state index contributed by atoms with van der Waals surface area (Å²) in [7, 11) is 1.65. The molecule has 0 saturated carbocycles. The van der Waals surface area contributed by atoms with Crippen LogP contribution in [0.25, 0.3) is 0 Å². The highest BCUT2D eigenvalue weighted by molar-refractivity contribution is 7.80. The van der Waals surface area contributed by atoms with Crippen LogP contribution in [-0.2, 0) is 4.79 Å². The average molecular weight is 278 g/mol. The summed E-state index contributed by atoms with van der Waals surface area (Å²) in [4.78, 5) is 28.2. The van der Waals surface area contributed by atoms with Gasteiger partial charge in [0.2, 0.25) is 5.91 Å². The number of likely N-dealkylation sites (tertiary alicyclic amines) is 1. The van der Waals surface area contributed by atoms with Gasteiger partial charge in [0, 0.05) is 30.6 Å². The third-order valence-corrected chi connectivity index (χ3v) is 3.55. The van der Waals surface area contributed by atoms with Crippen molar-refractivity contribution in [3.8, 4) is 0 Å². The average Bonchev–Trinajstić information content (AvgIpc) is 2.91. The van der Waals surface area contributed by atoms with E-state index >= 15 is 0 Å². The summed E-state index contributed by atoms with van der Waals surface area (Å²) in [5.41, 5.74) is 0.559. The molecule has 1 aliphatic heterocycles. The quantitative estimate of drug-likeness (QED) is 0.855. The van der Waals surface area contributed by atoms with Gasteiger partial charge in [-0.1, -0.05) is 6.07 Å². The van der Waals surface area contributed by atoms with Crippen LogP contribution in [0, 0.1) is 0 Å². The van der Waals surface area contributed by atoms with Crippen molar-refractivity contribution in [1.29, 1.82) is 0 Å². The van der Waals surface area contributed by atoms with Gasteiger partial charge in [0.05, 0.1) is 6.54 Å². The van der Waals surface area contributed by atoms with Gasteiger partial charge >= 0.3 is 0 Å². The Labute approximate surface area is 118 Å². The van der Waals surface area contributed by atoms with Gasteiger partial charge in [0.15, 0.2) is 0 Å². The monoisotopic (exact) mass is 278 g/mol. The number of amides is 2. The maximum Gasteiger partial charge on any atom is 0.254 e. The maximum atomic E-state index is 12.2. The molecule has 2 amide bonds. The molecule has 2 rings (SSSR count). The first-order valence-corrected chi connectivity index (χ1v) is 6.85. The minimum absolute atomic E-state index is 0.0235. The van der Waals surface area contributed by atoms with E-state index < -0.39 is 0 Å². The molecule has 0 radical (unpaired) electrons. The molecule has 0 spiro atoms. The zero-order chi connectivity index (χ0) is 13.8. The highest BCUT2D eigenvalue weighted by Crippen LogP contribution is 2.12. The molecule has 19 heavy (non-hydrogen) atoms. The van der Waals surface area contributed by atoms with Crippen molar-refractivity contribution >= 4 is 24.4 Å². The SMILES string of the molecule is CN(CC(=O)N1CCCC1)C(=O)c1cccc(S)c1. The van der Waals surface area contributed by atoms with Gasteiger partial charge in [-0.3, -0.25) is 9.59 Å². The summed E-state index contributed by atoms with van der Waals surface area (Å²) in [5, 5.41) is 0. The first-order chi connectivity index (χ1) is 9.08. The van der Waals surface area contributed by atoms with Gasteiger partial charge in [0.1, 0.15) is 0 Å². The third-order valence-electron chi connectivity index (χ3n) is 3.27. The minimum atomic E-state index is -0.150. The van der Waals surface area contributed by atoms with Crippen molar-refractivity contribution in [2.24, 2.45) is 0 Å². The maximum absolute atomic E-state index is 12.2. The number of rotatable bonds is 3. The van der Waals surface area contributed by atoms with Gasteiger partial charge in [-0.15, -0.1) is 12.6 Å². The predicted octanol–water partition coefficient (Wildman–Crippen LogP) is 1.67. The van der Waals surface area contributed by atoms with Crippen LogP contribution in [0.4, 0.5) is 0 Å². The number of likely N-dealkylation sites (N-methyl/N-ethyl adjacent to an activating group) is 1. The number of hydrogen-bond acceptors (Lipinski definition) is 3. The number of carbonyl (C=O) groups is 2. The van der Waals surface area contributed by atoms with Crippen molar-refractivity contribution in [2.45, 2.75) is 17.7 Å². The van der Waals surface area contributed by atoms with Crippen molar-refractivity contribution in [1.82, 2.24) is 9.80 Å². The Kier molecular flexibility index (Phi) is 4.47. The lowest BCUT2D eigenvalue weighted by Gasteiger charge is -2.21. The Morgan fingerprint density at radius 2 is 2.00 bits per heavy atom. The van der Waals surface area contributed by atoms with Gasteiger partial charge in [0.25, 0.3) is 5.91 Å². The van der Waals surface area contributed by atoms with Crippen LogP contribution in [0.3, 0.4) is 0 Å². The summed E-state index contributed by atoms with van der Waals surface area (Å²) < 4.78 is 0. The molecule has 0 aliphatic carbocycles.